The van der Waals surface area contributed by atoms with Gasteiger partial charge in [-0.2, -0.15) is 0 Å². The molecule has 0 bridgehead atoms. The van der Waals surface area contributed by atoms with Crippen LogP contribution in [0.15, 0.2) is 11.6 Å². The van der Waals surface area contributed by atoms with Crippen LogP contribution in [-0.2, 0) is 47.4 Å². The molecule has 0 aromatic heterocycles. The van der Waals surface area contributed by atoms with E-state index in [1.807, 2.05) is 0 Å². The highest BCUT2D eigenvalue weighted by Crippen LogP contribution is 2.72. The molecule has 0 aromatic carbocycles. The first-order valence-electron chi connectivity index (χ1n) is 24.2. The number of allylic oxidation sites excluding steroid dienone is 1. The number of esters is 1. The Morgan fingerprint density at radius 3 is 2.00 bits per heavy atom. The van der Waals surface area contributed by atoms with Gasteiger partial charge in [0.05, 0.1) is 31.0 Å². The van der Waals surface area contributed by atoms with Crippen LogP contribution in [0.5, 0.6) is 0 Å². The third kappa shape index (κ3) is 7.89. The molecular formula is C47H74O18. The van der Waals surface area contributed by atoms with Gasteiger partial charge in [-0.05, 0) is 94.3 Å². The SMILES string of the molecule is CC(=O)OC[C@H]1O[C@@H](O[C@@H]2CC[C@@]3(C)C(=CC[C@@H]4[C@@H]3CC[C@@]3(C)[C@H]4C[C@@H]4O[C@]5(CC[C@@H](C)CO5)[C@@H](C)[C@@]43O)C2)[C@H](O[C@@H]2O[C@@H](C)[C@H](O)[C@@H](O)[C@H]2O)[C@@H](O)[C@@H]1O[C@@H]1O[C@@H](C)[C@H](O)[C@@H](O)[C@H]1O. The molecule has 5 aliphatic heterocycles. The second-order valence-corrected chi connectivity index (χ2v) is 21.8. The van der Waals surface area contributed by atoms with Crippen molar-refractivity contribution in [2.75, 3.05) is 13.2 Å². The largest absolute Gasteiger partial charge is 0.463 e. The number of ether oxygens (including phenoxy) is 9. The lowest BCUT2D eigenvalue weighted by atomic mass is 9.46. The number of aliphatic hydroxyl groups is 8. The molecule has 5 heterocycles. The Balaban J connectivity index is 0.946. The summed E-state index contributed by atoms with van der Waals surface area (Å²) in [6.45, 7) is 13.4. The van der Waals surface area contributed by atoms with Crippen LogP contribution < -0.4 is 0 Å². The van der Waals surface area contributed by atoms with Crippen LogP contribution in [0.2, 0.25) is 0 Å². The standard InChI is InChI=1S/C47H74O18/c1-20-10-15-46(58-18-20)23(4)47(56)31(65-46)17-29-27-9-8-25-16-26(11-13-44(25,6)28(27)12-14-45(29,47)7)61-43-40(64-42-37(54)35(52)33(50)22(3)60-42)38(55)39(30(62-43)19-57-24(5)48)63-41-36(53)34(51)32(49)21(2)59-41/h8,20-23,26-43,49-56H,9-19H2,1-7H3/t20-,21+,22+,23-,26-,27-,28+,29+,30-,31+,32+,33+,34-,35-,36-,37-,38+,39-,40-,41+,42+,43-,44+,45+,46-,47-/m1/s1. The number of hydrogen-bond acceptors (Lipinski definition) is 18. The van der Waals surface area contributed by atoms with Crippen molar-refractivity contribution in [1.29, 1.82) is 0 Å². The van der Waals surface area contributed by atoms with Crippen molar-refractivity contribution in [3.8, 4) is 0 Å². The van der Waals surface area contributed by atoms with Gasteiger partial charge in [0.25, 0.3) is 0 Å². The Labute approximate surface area is 380 Å². The van der Waals surface area contributed by atoms with Crippen molar-refractivity contribution in [3.05, 3.63) is 11.6 Å². The number of rotatable bonds is 8. The maximum Gasteiger partial charge on any atom is 0.302 e. The molecule has 4 aliphatic carbocycles. The fraction of sp³-hybridized carbons (Fsp3) is 0.936. The zero-order chi connectivity index (χ0) is 46.7. The van der Waals surface area contributed by atoms with Gasteiger partial charge in [0, 0.05) is 24.7 Å². The second kappa shape index (κ2) is 17.8. The van der Waals surface area contributed by atoms with Crippen LogP contribution in [0.1, 0.15) is 106 Å². The third-order valence-corrected chi connectivity index (χ3v) is 18.2. The lowest BCUT2D eigenvalue weighted by Gasteiger charge is -2.60. The quantitative estimate of drug-likeness (QED) is 0.124. The maximum absolute atomic E-state index is 12.8. The van der Waals surface area contributed by atoms with E-state index in [4.69, 9.17) is 42.6 Å². The minimum atomic E-state index is -1.75. The molecule has 0 aromatic rings. The monoisotopic (exact) mass is 926 g/mol. The molecule has 3 saturated carbocycles. The molecule has 0 amide bonds. The van der Waals surface area contributed by atoms with Gasteiger partial charge in [-0.3, -0.25) is 4.79 Å². The van der Waals surface area contributed by atoms with Crippen molar-refractivity contribution in [3.63, 3.8) is 0 Å². The average Bonchev–Trinajstić information content (AvgIpc) is 3.63. The van der Waals surface area contributed by atoms with Gasteiger partial charge in [0.2, 0.25) is 0 Å². The molecule has 9 aliphatic rings. The lowest BCUT2D eigenvalue weighted by Crippen LogP contribution is -2.66. The number of carbonyl (C=O) groups excluding carboxylic acids is 1. The molecule has 5 saturated heterocycles. The predicted octanol–water partition coefficient (Wildman–Crippen LogP) is 0.927. The molecule has 1 spiro atoms. The summed E-state index contributed by atoms with van der Waals surface area (Å²) in [6.07, 6.45) is -13.2. The summed E-state index contributed by atoms with van der Waals surface area (Å²) in [5.41, 5.74) is -0.175. The highest BCUT2D eigenvalue weighted by molar-refractivity contribution is 5.65. The summed E-state index contributed by atoms with van der Waals surface area (Å²) in [6, 6.07) is 0. The summed E-state index contributed by atoms with van der Waals surface area (Å²) < 4.78 is 55.7. The van der Waals surface area contributed by atoms with Gasteiger partial charge in [-0.15, -0.1) is 0 Å². The molecule has 8 fully saturated rings. The number of aliphatic hydroxyl groups excluding tert-OH is 7. The normalized spacial score (nSPS) is 56.6. The van der Waals surface area contributed by atoms with Crippen molar-refractivity contribution >= 4 is 5.97 Å². The highest BCUT2D eigenvalue weighted by Gasteiger charge is 2.76. The van der Waals surface area contributed by atoms with E-state index in [2.05, 4.69) is 33.8 Å². The van der Waals surface area contributed by atoms with E-state index in [9.17, 15) is 45.6 Å². The summed E-state index contributed by atoms with van der Waals surface area (Å²) in [5, 5.41) is 88.9. The Morgan fingerprint density at radius 2 is 1.38 bits per heavy atom. The molecular weight excluding hydrogens is 852 g/mol. The van der Waals surface area contributed by atoms with Crippen LogP contribution in [0.4, 0.5) is 0 Å². The van der Waals surface area contributed by atoms with E-state index < -0.39 is 122 Å². The molecule has 0 unspecified atom stereocenters. The van der Waals surface area contributed by atoms with Crippen LogP contribution in [0, 0.1) is 40.4 Å². The summed E-state index contributed by atoms with van der Waals surface area (Å²) in [7, 11) is 0. The zero-order valence-electron chi connectivity index (χ0n) is 38.7. The smallest absolute Gasteiger partial charge is 0.302 e. The summed E-state index contributed by atoms with van der Waals surface area (Å²) in [5.74, 6) is -0.0447. The Hall–Kier alpha value is -1.43. The third-order valence-electron chi connectivity index (χ3n) is 18.2. The van der Waals surface area contributed by atoms with E-state index in [1.54, 1.807) is 0 Å². The van der Waals surface area contributed by atoms with Crippen molar-refractivity contribution in [2.45, 2.75) is 222 Å². The topological polar surface area (TPSA) is 262 Å². The first kappa shape index (κ1) is 48.6. The molecule has 8 N–H and O–H groups in total. The Kier molecular flexibility index (Phi) is 13.3. The number of hydrogen-bond donors (Lipinski definition) is 8. The van der Waals surface area contributed by atoms with E-state index >= 15 is 0 Å². The molecule has 0 radical (unpaired) electrons. The lowest BCUT2D eigenvalue weighted by molar-refractivity contribution is -0.388. The van der Waals surface area contributed by atoms with Gasteiger partial charge >= 0.3 is 5.97 Å². The molecule has 9 rings (SSSR count). The number of fused-ring (bicyclic) bond motifs is 7. The molecule has 26 atom stereocenters. The first-order valence-corrected chi connectivity index (χ1v) is 24.2. The van der Waals surface area contributed by atoms with Gasteiger partial charge in [0.1, 0.15) is 73.2 Å². The van der Waals surface area contributed by atoms with Crippen molar-refractivity contribution < 1.29 is 88.3 Å². The van der Waals surface area contributed by atoms with Crippen LogP contribution >= 0.6 is 0 Å². The predicted molar refractivity (Wildman–Crippen MR) is 224 cm³/mol. The summed E-state index contributed by atoms with van der Waals surface area (Å²) >= 11 is 0. The van der Waals surface area contributed by atoms with Crippen molar-refractivity contribution in [1.82, 2.24) is 0 Å². The molecule has 18 nitrogen and oxygen atoms in total. The minimum Gasteiger partial charge on any atom is -0.463 e. The van der Waals surface area contributed by atoms with Crippen LogP contribution in [0.25, 0.3) is 0 Å². The van der Waals surface area contributed by atoms with Gasteiger partial charge < -0.3 is 83.5 Å². The molecule has 18 heteroatoms. The first-order chi connectivity index (χ1) is 30.6. The van der Waals surface area contributed by atoms with Crippen molar-refractivity contribution in [2.24, 2.45) is 40.4 Å². The molecule has 65 heavy (non-hydrogen) atoms. The van der Waals surface area contributed by atoms with Gasteiger partial charge in [-0.25, -0.2) is 0 Å². The minimum absolute atomic E-state index is 0.135. The average molecular weight is 927 g/mol. The van der Waals surface area contributed by atoms with E-state index in [0.29, 0.717) is 37.2 Å². The number of carbonyl (C=O) groups is 1. The Bertz CT molecular complexity index is 1760. The van der Waals surface area contributed by atoms with Gasteiger partial charge in [0.15, 0.2) is 24.7 Å². The highest BCUT2D eigenvalue weighted by atomic mass is 16.8. The fourth-order valence-electron chi connectivity index (χ4n) is 14.1. The maximum atomic E-state index is 12.8. The van der Waals surface area contributed by atoms with E-state index in [0.717, 1.165) is 44.9 Å². The van der Waals surface area contributed by atoms with E-state index in [1.165, 1.54) is 26.3 Å². The van der Waals surface area contributed by atoms with Crippen LogP contribution in [0.3, 0.4) is 0 Å². The second-order valence-electron chi connectivity index (χ2n) is 21.8. The Morgan fingerprint density at radius 1 is 0.738 bits per heavy atom. The van der Waals surface area contributed by atoms with Gasteiger partial charge in [-0.1, -0.05) is 39.3 Å². The van der Waals surface area contributed by atoms with Crippen LogP contribution in [-0.4, -0.2) is 176 Å². The summed E-state index contributed by atoms with van der Waals surface area (Å²) in [4.78, 5) is 12.1. The zero-order valence-corrected chi connectivity index (χ0v) is 38.7. The fourth-order valence-corrected chi connectivity index (χ4v) is 14.1. The molecule has 370 valence electrons. The van der Waals surface area contributed by atoms with E-state index in [-0.39, 0.29) is 28.8 Å².